The van der Waals surface area contributed by atoms with Crippen molar-refractivity contribution < 1.29 is 19.8 Å². The molecular weight excluding hydrogens is 390 g/mol. The Bertz CT molecular complexity index is 1170. The van der Waals surface area contributed by atoms with Crippen LogP contribution in [0.1, 0.15) is 66.6 Å². The lowest BCUT2D eigenvalue weighted by atomic mass is 9.81. The van der Waals surface area contributed by atoms with Crippen LogP contribution in [-0.4, -0.2) is 26.7 Å². The Morgan fingerprint density at radius 2 is 1.87 bits per heavy atom. The van der Waals surface area contributed by atoms with Crippen molar-refractivity contribution in [2.75, 3.05) is 0 Å². The van der Waals surface area contributed by atoms with Crippen LogP contribution in [0.2, 0.25) is 0 Å². The molecule has 1 saturated carbocycles. The second-order valence-corrected chi connectivity index (χ2v) is 8.27. The van der Waals surface area contributed by atoms with Gasteiger partial charge in [0.1, 0.15) is 0 Å². The van der Waals surface area contributed by atoms with Gasteiger partial charge in [0.2, 0.25) is 0 Å². The summed E-state index contributed by atoms with van der Waals surface area (Å²) in [5.74, 6) is -1.61. The number of benzene rings is 1. The molecule has 0 unspecified atom stereocenters. The van der Waals surface area contributed by atoms with Crippen molar-refractivity contribution in [3.8, 4) is 0 Å². The van der Waals surface area contributed by atoms with E-state index < -0.39 is 11.9 Å². The van der Waals surface area contributed by atoms with Crippen molar-refractivity contribution in [1.82, 2.24) is 4.57 Å². The van der Waals surface area contributed by atoms with Crippen molar-refractivity contribution in [3.05, 3.63) is 77.0 Å². The number of aromatic carboxylic acids is 1. The fourth-order valence-corrected chi connectivity index (χ4v) is 5.05. The Labute approximate surface area is 181 Å². The number of aliphatic carboxylic acids is 1. The SMILES string of the molecule is C=CC1=C(/C=C\C)C=C(C(=O)O)Cn2c1c(C1CCCCC1)c1ccc(C(=O)O)cc12. The van der Waals surface area contributed by atoms with Gasteiger partial charge in [-0.25, -0.2) is 9.59 Å². The second-order valence-electron chi connectivity index (χ2n) is 8.27. The first-order valence-electron chi connectivity index (χ1n) is 10.8. The minimum atomic E-state index is -0.992. The van der Waals surface area contributed by atoms with Crippen molar-refractivity contribution in [1.29, 1.82) is 0 Å². The Hall–Kier alpha value is -3.34. The average Bonchev–Trinajstić information content (AvgIpc) is 2.97. The van der Waals surface area contributed by atoms with Gasteiger partial charge < -0.3 is 14.8 Å². The van der Waals surface area contributed by atoms with Crippen LogP contribution in [0.4, 0.5) is 0 Å². The molecule has 1 aromatic heterocycles. The molecule has 0 atom stereocenters. The van der Waals surface area contributed by atoms with Crippen LogP contribution >= 0.6 is 0 Å². The van der Waals surface area contributed by atoms with Crippen LogP contribution in [0, 0.1) is 0 Å². The molecule has 0 bridgehead atoms. The molecule has 2 N–H and O–H groups in total. The quantitative estimate of drug-likeness (QED) is 0.632. The number of carboxylic acids is 2. The predicted molar refractivity (Wildman–Crippen MR) is 122 cm³/mol. The van der Waals surface area contributed by atoms with Gasteiger partial charge in [0, 0.05) is 16.5 Å². The number of nitrogens with zero attached hydrogens (tertiary/aromatic N) is 1. The Balaban J connectivity index is 2.12. The van der Waals surface area contributed by atoms with E-state index in [1.54, 1.807) is 24.3 Å². The Kier molecular flexibility index (Phi) is 5.68. The summed E-state index contributed by atoms with van der Waals surface area (Å²) >= 11 is 0. The first kappa shape index (κ1) is 20.9. The van der Waals surface area contributed by atoms with Crippen molar-refractivity contribution >= 4 is 28.4 Å². The van der Waals surface area contributed by atoms with Crippen LogP contribution < -0.4 is 0 Å². The molecule has 0 radical (unpaired) electrons. The summed E-state index contributed by atoms with van der Waals surface area (Å²) in [6.07, 6.45) is 13.0. The molecule has 160 valence electrons. The highest BCUT2D eigenvalue weighted by molar-refractivity contribution is 6.00. The van der Waals surface area contributed by atoms with E-state index in [4.69, 9.17) is 0 Å². The molecule has 1 aliphatic heterocycles. The van der Waals surface area contributed by atoms with E-state index in [0.717, 1.165) is 53.4 Å². The maximum atomic E-state index is 12.0. The molecule has 2 heterocycles. The molecule has 5 heteroatoms. The van der Waals surface area contributed by atoms with Crippen molar-refractivity contribution in [2.45, 2.75) is 51.5 Å². The highest BCUT2D eigenvalue weighted by atomic mass is 16.4. The lowest BCUT2D eigenvalue weighted by Crippen LogP contribution is -2.11. The third-order valence-electron chi connectivity index (χ3n) is 6.41. The number of fused-ring (bicyclic) bond motifs is 3. The average molecular weight is 418 g/mol. The maximum absolute atomic E-state index is 12.0. The highest BCUT2D eigenvalue weighted by Gasteiger charge is 2.30. The zero-order valence-corrected chi connectivity index (χ0v) is 17.7. The third-order valence-corrected chi connectivity index (χ3v) is 6.41. The van der Waals surface area contributed by atoms with Crippen LogP contribution in [-0.2, 0) is 11.3 Å². The van der Waals surface area contributed by atoms with E-state index in [9.17, 15) is 19.8 Å². The molecule has 2 aromatic rings. The molecule has 1 aliphatic carbocycles. The lowest BCUT2D eigenvalue weighted by Gasteiger charge is -2.24. The zero-order valence-electron chi connectivity index (χ0n) is 17.7. The number of hydrogen-bond donors (Lipinski definition) is 2. The minimum absolute atomic E-state index is 0.176. The summed E-state index contributed by atoms with van der Waals surface area (Å²) in [5.41, 5.74) is 5.10. The molecule has 1 fully saturated rings. The number of carboxylic acid groups (broad SMARTS) is 2. The smallest absolute Gasteiger partial charge is 0.335 e. The van der Waals surface area contributed by atoms with Gasteiger partial charge in [-0.2, -0.15) is 0 Å². The van der Waals surface area contributed by atoms with Gasteiger partial charge in [-0.15, -0.1) is 0 Å². The summed E-state index contributed by atoms with van der Waals surface area (Å²) in [5, 5.41) is 20.4. The monoisotopic (exact) mass is 417 g/mol. The number of aromatic nitrogens is 1. The summed E-state index contributed by atoms with van der Waals surface area (Å²) < 4.78 is 1.99. The lowest BCUT2D eigenvalue weighted by molar-refractivity contribution is -0.132. The van der Waals surface area contributed by atoms with Crippen LogP contribution in [0.25, 0.3) is 16.5 Å². The van der Waals surface area contributed by atoms with E-state index >= 15 is 0 Å². The third kappa shape index (κ3) is 3.65. The Morgan fingerprint density at radius 1 is 1.13 bits per heavy atom. The van der Waals surface area contributed by atoms with E-state index in [1.165, 1.54) is 12.0 Å². The Morgan fingerprint density at radius 3 is 2.48 bits per heavy atom. The molecule has 4 rings (SSSR count). The largest absolute Gasteiger partial charge is 0.478 e. The molecule has 1 aromatic carbocycles. The van der Waals surface area contributed by atoms with E-state index in [1.807, 2.05) is 29.7 Å². The predicted octanol–water partition coefficient (Wildman–Crippen LogP) is 5.93. The van der Waals surface area contributed by atoms with Crippen LogP contribution in [0.5, 0.6) is 0 Å². The molecule has 0 spiro atoms. The van der Waals surface area contributed by atoms with Gasteiger partial charge in [-0.1, -0.05) is 50.1 Å². The summed E-state index contributed by atoms with van der Waals surface area (Å²) in [4.78, 5) is 23.7. The van der Waals surface area contributed by atoms with E-state index in [0.29, 0.717) is 5.92 Å². The normalized spacial score (nSPS) is 17.5. The molecule has 0 saturated heterocycles. The maximum Gasteiger partial charge on any atom is 0.335 e. The van der Waals surface area contributed by atoms with Gasteiger partial charge in [0.15, 0.2) is 0 Å². The molecule has 2 aliphatic rings. The van der Waals surface area contributed by atoms with Crippen LogP contribution in [0.15, 0.2) is 60.2 Å². The van der Waals surface area contributed by atoms with Gasteiger partial charge in [-0.05, 0) is 55.0 Å². The highest BCUT2D eigenvalue weighted by Crippen LogP contribution is 2.44. The number of allylic oxidation sites excluding steroid dienone is 6. The number of rotatable bonds is 5. The van der Waals surface area contributed by atoms with Gasteiger partial charge in [0.25, 0.3) is 0 Å². The molecule has 0 amide bonds. The van der Waals surface area contributed by atoms with Crippen LogP contribution in [0.3, 0.4) is 0 Å². The van der Waals surface area contributed by atoms with Gasteiger partial charge in [-0.3, -0.25) is 0 Å². The standard InChI is InChI=1S/C26H27NO4/c1-3-8-17-13-19(26(30)31)15-27-22-14-18(25(28)29)11-12-21(22)23(24(27)20(17)4-2)16-9-6-5-7-10-16/h3-4,8,11-14,16H,2,5-7,9-10,15H2,1H3,(H,28,29)(H,30,31)/b8-3-. The zero-order chi connectivity index (χ0) is 22.1. The minimum Gasteiger partial charge on any atom is -0.478 e. The summed E-state index contributed by atoms with van der Waals surface area (Å²) in [6.45, 7) is 6.14. The second kappa shape index (κ2) is 8.42. The molecular formula is C26H27NO4. The summed E-state index contributed by atoms with van der Waals surface area (Å²) in [7, 11) is 0. The van der Waals surface area contributed by atoms with Gasteiger partial charge in [0.05, 0.1) is 23.4 Å². The summed E-state index contributed by atoms with van der Waals surface area (Å²) in [6, 6.07) is 5.22. The molecule has 31 heavy (non-hydrogen) atoms. The fourth-order valence-electron chi connectivity index (χ4n) is 5.05. The van der Waals surface area contributed by atoms with Crippen molar-refractivity contribution in [3.63, 3.8) is 0 Å². The van der Waals surface area contributed by atoms with E-state index in [2.05, 4.69) is 6.58 Å². The first-order chi connectivity index (χ1) is 15.0. The first-order valence-corrected chi connectivity index (χ1v) is 10.8. The number of hydrogen-bond acceptors (Lipinski definition) is 2. The fraction of sp³-hybridized carbons (Fsp3) is 0.308. The van der Waals surface area contributed by atoms with E-state index in [-0.39, 0.29) is 17.7 Å². The van der Waals surface area contributed by atoms with Crippen molar-refractivity contribution in [2.24, 2.45) is 0 Å². The molecule has 5 nitrogen and oxygen atoms in total. The van der Waals surface area contributed by atoms with Gasteiger partial charge >= 0.3 is 11.9 Å². The topological polar surface area (TPSA) is 79.5 Å². The number of carbonyl (C=O) groups is 2.